The first kappa shape index (κ1) is 31.8. The molecule has 2 aliphatic rings. The molecule has 2 aliphatic carbocycles. The Kier molecular flexibility index (Phi) is 6.65. The number of hydrogen-bond donors (Lipinski definition) is 0. The van der Waals surface area contributed by atoms with Crippen molar-refractivity contribution in [2.75, 3.05) is 0 Å². The Hall–Kier alpha value is -6.55. The van der Waals surface area contributed by atoms with Gasteiger partial charge >= 0.3 is 194 Å². The van der Waals surface area contributed by atoms with Crippen LogP contribution >= 0.6 is 0 Å². The molecule has 5 nitrogen and oxygen atoms in total. The van der Waals surface area contributed by atoms with Crippen LogP contribution in [0.15, 0.2) is 164 Å². The fraction of sp³-hybridized carbons (Fsp3) is 0.0400. The van der Waals surface area contributed by atoms with E-state index in [-0.39, 0.29) is 0 Å². The second-order valence-corrected chi connectivity index (χ2v) is 15.6. The van der Waals surface area contributed by atoms with Crippen molar-refractivity contribution < 1.29 is 24.1 Å². The fourth-order valence-corrected chi connectivity index (χ4v) is 10.3. The molecule has 0 saturated heterocycles. The molecule has 0 unspecified atom stereocenters. The summed E-state index contributed by atoms with van der Waals surface area (Å²) in [5.41, 5.74) is 15.1. The molecule has 3 heterocycles. The van der Waals surface area contributed by atoms with Crippen LogP contribution in [-0.2, 0) is 31.8 Å². The molecule has 1 spiro atoms. The number of pyridine rings is 1. The molecule has 0 N–H and O–H groups in total. The zero-order valence-corrected chi connectivity index (χ0v) is 32.4. The van der Waals surface area contributed by atoms with Crippen molar-refractivity contribution in [3.63, 3.8) is 0 Å². The molecule has 268 valence electrons. The van der Waals surface area contributed by atoms with Crippen molar-refractivity contribution in [3.05, 3.63) is 202 Å². The van der Waals surface area contributed by atoms with Gasteiger partial charge in [-0.1, -0.05) is 78.9 Å². The summed E-state index contributed by atoms with van der Waals surface area (Å²) in [6.07, 6.45) is 1.86. The fourth-order valence-electron chi connectivity index (χ4n) is 9.53. The van der Waals surface area contributed by atoms with Crippen molar-refractivity contribution in [2.45, 2.75) is 5.41 Å². The summed E-state index contributed by atoms with van der Waals surface area (Å²) in [7, 11) is 2.09. The predicted molar refractivity (Wildman–Crippen MR) is 218 cm³/mol. The molecule has 10 aromatic rings. The maximum atomic E-state index is 6.61. The number of hydrogen-bond acceptors (Lipinski definition) is 2. The zero-order valence-electron chi connectivity index (χ0n) is 30.1. The second kappa shape index (κ2) is 11.7. The van der Waals surface area contributed by atoms with E-state index in [1.54, 1.807) is 0 Å². The van der Waals surface area contributed by atoms with E-state index in [2.05, 4.69) is 180 Å². The molecular formula is C50H30N4OPt-2. The van der Waals surface area contributed by atoms with Crippen LogP contribution < -0.4 is 4.74 Å². The number of benzene rings is 7. The average Bonchev–Trinajstić information content (AvgIpc) is 3.91. The molecule has 0 saturated carbocycles. The van der Waals surface area contributed by atoms with Gasteiger partial charge in [-0.15, -0.1) is 0 Å². The molecule has 0 fully saturated rings. The first-order valence-electron chi connectivity index (χ1n) is 18.7. The van der Waals surface area contributed by atoms with Crippen molar-refractivity contribution in [1.29, 1.82) is 0 Å². The van der Waals surface area contributed by atoms with Crippen molar-refractivity contribution in [2.24, 2.45) is 7.05 Å². The van der Waals surface area contributed by atoms with Crippen LogP contribution in [0.4, 0.5) is 0 Å². The normalized spacial score (nSPS) is 13.3. The van der Waals surface area contributed by atoms with Gasteiger partial charge in [0.05, 0.1) is 5.41 Å². The van der Waals surface area contributed by atoms with Crippen LogP contribution in [0.3, 0.4) is 0 Å². The molecule has 12 rings (SSSR count). The predicted octanol–water partition coefficient (Wildman–Crippen LogP) is 11.3. The number of ether oxygens (including phenoxy) is 1. The van der Waals surface area contributed by atoms with E-state index < -0.39 is 5.41 Å². The third-order valence-corrected chi connectivity index (χ3v) is 13.0. The number of nitrogens with zero attached hydrogens (tertiary/aromatic N) is 4. The van der Waals surface area contributed by atoms with Crippen LogP contribution in [-0.4, -0.2) is 18.7 Å². The van der Waals surface area contributed by atoms with Gasteiger partial charge in [0.25, 0.3) is 0 Å². The Morgan fingerprint density at radius 2 is 1.18 bits per heavy atom. The first-order chi connectivity index (χ1) is 27.6. The van der Waals surface area contributed by atoms with Gasteiger partial charge in [-0.05, 0) is 50.6 Å². The minimum atomic E-state index is -0.447. The summed E-state index contributed by atoms with van der Waals surface area (Å²) in [6.45, 7) is 0. The summed E-state index contributed by atoms with van der Waals surface area (Å²) >= 11 is 2.37. The summed E-state index contributed by atoms with van der Waals surface area (Å²) < 4.78 is 14.3. The quantitative estimate of drug-likeness (QED) is 0.165. The Balaban J connectivity index is 1.07. The molecule has 56 heavy (non-hydrogen) atoms. The van der Waals surface area contributed by atoms with Crippen molar-refractivity contribution in [3.8, 4) is 45.3 Å². The topological polar surface area (TPSA) is 36.9 Å². The van der Waals surface area contributed by atoms with Gasteiger partial charge in [0.15, 0.2) is 0 Å². The Labute approximate surface area is 333 Å². The van der Waals surface area contributed by atoms with E-state index >= 15 is 0 Å². The van der Waals surface area contributed by atoms with E-state index in [1.807, 2.05) is 36.5 Å². The molecule has 0 bridgehead atoms. The summed E-state index contributed by atoms with van der Waals surface area (Å²) in [5, 5.41) is 2.24. The second-order valence-electron chi connectivity index (χ2n) is 14.5. The van der Waals surface area contributed by atoms with Crippen molar-refractivity contribution >= 4 is 32.8 Å². The molecule has 0 radical (unpaired) electrons. The Morgan fingerprint density at radius 3 is 1.89 bits per heavy atom. The zero-order chi connectivity index (χ0) is 37.1. The SMILES string of the molecule is Cn1[c](=[Pt])n(-c2[c-]c(Oc3[c-]c4c(cc3)c3cc5c(cc3n4-c3ccccn3)C3(c4ccccc4-c4ccccc43)c3ccccc3-5)ccc2)c2ccccc21. The van der Waals surface area contributed by atoms with Crippen LogP contribution in [0, 0.1) is 15.9 Å². The average molecular weight is 898 g/mol. The van der Waals surface area contributed by atoms with E-state index in [0.29, 0.717) is 11.5 Å². The molecule has 3 aromatic heterocycles. The Bertz CT molecular complexity index is 3290. The van der Waals surface area contributed by atoms with E-state index in [4.69, 9.17) is 9.72 Å². The third-order valence-electron chi connectivity index (χ3n) is 11.8. The number of imidazole rings is 1. The van der Waals surface area contributed by atoms with Gasteiger partial charge in [-0.25, -0.2) is 0 Å². The van der Waals surface area contributed by atoms with E-state index in [0.717, 1.165) is 48.1 Å². The van der Waals surface area contributed by atoms with Gasteiger partial charge in [0, 0.05) is 6.20 Å². The molecular weight excluding hydrogens is 868 g/mol. The van der Waals surface area contributed by atoms with Crippen molar-refractivity contribution in [1.82, 2.24) is 18.7 Å². The summed E-state index contributed by atoms with van der Waals surface area (Å²) in [6, 6.07) is 63.6. The Morgan fingerprint density at radius 1 is 0.536 bits per heavy atom. The maximum absolute atomic E-state index is 6.61. The minimum absolute atomic E-state index is 0.447. The van der Waals surface area contributed by atoms with Crippen LogP contribution in [0.25, 0.3) is 66.6 Å². The van der Waals surface area contributed by atoms with E-state index in [1.165, 1.54) is 44.5 Å². The molecule has 6 heteroatoms. The van der Waals surface area contributed by atoms with Crippen LogP contribution in [0.5, 0.6) is 11.5 Å². The van der Waals surface area contributed by atoms with Crippen LogP contribution in [0.2, 0.25) is 0 Å². The van der Waals surface area contributed by atoms with Gasteiger partial charge in [-0.2, -0.15) is 0 Å². The van der Waals surface area contributed by atoms with Crippen LogP contribution in [0.1, 0.15) is 22.3 Å². The van der Waals surface area contributed by atoms with Gasteiger partial charge < -0.3 is 0 Å². The van der Waals surface area contributed by atoms with E-state index in [9.17, 15) is 0 Å². The van der Waals surface area contributed by atoms with Gasteiger partial charge in [0.1, 0.15) is 0 Å². The molecule has 0 amide bonds. The number of aryl methyl sites for hydroxylation is 1. The summed E-state index contributed by atoms with van der Waals surface area (Å²) in [4.78, 5) is 4.90. The van der Waals surface area contributed by atoms with Gasteiger partial charge in [-0.3, -0.25) is 0 Å². The molecule has 0 atom stereocenters. The number of para-hydroxylation sites is 2. The number of rotatable bonds is 4. The van der Waals surface area contributed by atoms with Gasteiger partial charge in [0.2, 0.25) is 0 Å². The number of aromatic nitrogens is 4. The standard InChI is InChI=1S/C50H30N4O.Pt/c1-52-31-53(46-22-9-8-21-45(46)52)32-13-12-14-33(27-32)55-34-24-25-38-40-29-39-37-17-4-7-20-43(37)50(41-18-5-2-15-35(41)36-16-3-6-19-42(36)50)44(39)30-48(40)54(47(38)28-34)49-23-10-11-26-51-49;/h2-26,29-30H,1H3;/q-2;. The monoisotopic (exact) mass is 897 g/mol. The third kappa shape index (κ3) is 4.18. The first-order valence-corrected chi connectivity index (χ1v) is 19.8. The summed E-state index contributed by atoms with van der Waals surface area (Å²) in [5.74, 6) is 2.05. The molecule has 7 aromatic carbocycles. The number of fused-ring (bicyclic) bond motifs is 14. The molecule has 0 aliphatic heterocycles.